The molecule has 0 fully saturated rings. The average molecular weight is 194 g/mol. The molecule has 0 aliphatic heterocycles. The number of nitrogens with zero attached hydrogens (tertiary/aromatic N) is 2. The van der Waals surface area contributed by atoms with Gasteiger partial charge in [-0.3, -0.25) is 0 Å². The van der Waals surface area contributed by atoms with E-state index in [4.69, 9.17) is 0 Å². The number of aryl methyl sites for hydroxylation is 2. The summed E-state index contributed by atoms with van der Waals surface area (Å²) in [6.45, 7) is 12.0. The molecule has 0 saturated carbocycles. The van der Waals surface area contributed by atoms with Crippen molar-refractivity contribution < 1.29 is 0 Å². The van der Waals surface area contributed by atoms with Crippen LogP contribution in [0.2, 0.25) is 0 Å². The average Bonchev–Trinajstić information content (AvgIpc) is 2.41. The minimum atomic E-state index is 0.759. The quantitative estimate of drug-likeness (QED) is 0.720. The lowest BCUT2D eigenvalue weighted by molar-refractivity contribution is 0.530. The highest BCUT2D eigenvalue weighted by molar-refractivity contribution is 5.16. The van der Waals surface area contributed by atoms with E-state index in [-0.39, 0.29) is 0 Å². The van der Waals surface area contributed by atoms with Gasteiger partial charge in [0.25, 0.3) is 0 Å². The van der Waals surface area contributed by atoms with Crippen molar-refractivity contribution in [1.82, 2.24) is 9.55 Å². The lowest BCUT2D eigenvalue weighted by atomic mass is 10.0. The largest absolute Gasteiger partial charge is 0.332 e. The Morgan fingerprint density at radius 3 is 2.43 bits per heavy atom. The summed E-state index contributed by atoms with van der Waals surface area (Å²) in [5.74, 6) is 1.92. The van der Waals surface area contributed by atoms with Crippen molar-refractivity contribution >= 4 is 0 Å². The van der Waals surface area contributed by atoms with Crippen LogP contribution in [0.4, 0.5) is 0 Å². The zero-order valence-corrected chi connectivity index (χ0v) is 10.1. The molecule has 0 aliphatic carbocycles. The summed E-state index contributed by atoms with van der Waals surface area (Å²) in [5, 5.41) is 0. The molecule has 1 atom stereocenters. The Morgan fingerprint density at radius 1 is 1.29 bits per heavy atom. The maximum atomic E-state index is 4.53. The van der Waals surface area contributed by atoms with E-state index in [1.54, 1.807) is 0 Å². The minimum absolute atomic E-state index is 0.759. The van der Waals surface area contributed by atoms with Gasteiger partial charge < -0.3 is 4.57 Å². The van der Waals surface area contributed by atoms with Crippen LogP contribution in [0.25, 0.3) is 0 Å². The first-order valence-electron chi connectivity index (χ1n) is 5.62. The van der Waals surface area contributed by atoms with Crippen molar-refractivity contribution in [2.45, 2.75) is 54.0 Å². The van der Waals surface area contributed by atoms with Gasteiger partial charge in [-0.25, -0.2) is 4.98 Å². The Bertz CT molecular complexity index is 300. The molecule has 0 aliphatic rings. The van der Waals surface area contributed by atoms with Gasteiger partial charge in [0.05, 0.1) is 5.69 Å². The van der Waals surface area contributed by atoms with Crippen LogP contribution < -0.4 is 0 Å². The molecule has 0 radical (unpaired) electrons. The normalized spacial score (nSPS) is 13.2. The van der Waals surface area contributed by atoms with Crippen molar-refractivity contribution in [2.24, 2.45) is 5.92 Å². The molecule has 0 N–H and O–H groups in total. The topological polar surface area (TPSA) is 17.8 Å². The molecule has 1 aromatic heterocycles. The smallest absolute Gasteiger partial charge is 0.106 e. The maximum absolute atomic E-state index is 4.53. The van der Waals surface area contributed by atoms with Crippen molar-refractivity contribution in [1.29, 1.82) is 0 Å². The first-order valence-corrected chi connectivity index (χ1v) is 5.62. The summed E-state index contributed by atoms with van der Waals surface area (Å²) in [6.07, 6.45) is 2.41. The van der Waals surface area contributed by atoms with Crippen LogP contribution in [0.15, 0.2) is 0 Å². The number of aromatic nitrogens is 2. The van der Waals surface area contributed by atoms with Crippen molar-refractivity contribution in [2.75, 3.05) is 0 Å². The van der Waals surface area contributed by atoms with Crippen LogP contribution in [-0.2, 0) is 13.0 Å². The second-order valence-electron chi connectivity index (χ2n) is 4.15. The fourth-order valence-corrected chi connectivity index (χ4v) is 1.91. The predicted octanol–water partition coefficient (Wildman–Crippen LogP) is 3.11. The molecule has 14 heavy (non-hydrogen) atoms. The van der Waals surface area contributed by atoms with Crippen LogP contribution in [-0.4, -0.2) is 9.55 Å². The van der Waals surface area contributed by atoms with E-state index in [0.717, 1.165) is 24.7 Å². The maximum Gasteiger partial charge on any atom is 0.106 e. The molecule has 0 saturated heterocycles. The lowest BCUT2D eigenvalue weighted by Crippen LogP contribution is -2.08. The SMILES string of the molecule is CCC(C)Cc1c(C)nc(C)n1CC. The molecule has 0 spiro atoms. The van der Waals surface area contributed by atoms with E-state index in [2.05, 4.69) is 44.2 Å². The highest BCUT2D eigenvalue weighted by Crippen LogP contribution is 2.17. The highest BCUT2D eigenvalue weighted by atomic mass is 15.1. The van der Waals surface area contributed by atoms with Gasteiger partial charge >= 0.3 is 0 Å². The Kier molecular flexibility index (Phi) is 3.73. The summed E-state index contributed by atoms with van der Waals surface area (Å²) in [4.78, 5) is 4.53. The molecule has 1 heterocycles. The van der Waals surface area contributed by atoms with Crippen molar-refractivity contribution in [3.8, 4) is 0 Å². The van der Waals surface area contributed by atoms with Gasteiger partial charge in [0, 0.05) is 12.2 Å². The third-order valence-corrected chi connectivity index (χ3v) is 3.02. The zero-order valence-electron chi connectivity index (χ0n) is 10.1. The van der Waals surface area contributed by atoms with E-state index in [1.807, 2.05) is 0 Å². The Hall–Kier alpha value is -0.790. The Balaban J connectivity index is 2.94. The molecule has 2 nitrogen and oxygen atoms in total. The van der Waals surface area contributed by atoms with E-state index >= 15 is 0 Å². The van der Waals surface area contributed by atoms with E-state index < -0.39 is 0 Å². The van der Waals surface area contributed by atoms with Gasteiger partial charge in [-0.05, 0) is 33.1 Å². The van der Waals surface area contributed by atoms with Gasteiger partial charge in [-0.15, -0.1) is 0 Å². The van der Waals surface area contributed by atoms with Gasteiger partial charge in [0.2, 0.25) is 0 Å². The molecule has 80 valence electrons. The number of hydrogen-bond donors (Lipinski definition) is 0. The lowest BCUT2D eigenvalue weighted by Gasteiger charge is -2.12. The van der Waals surface area contributed by atoms with Crippen molar-refractivity contribution in [3.05, 3.63) is 17.2 Å². The van der Waals surface area contributed by atoms with Crippen LogP contribution in [0, 0.1) is 19.8 Å². The van der Waals surface area contributed by atoms with E-state index in [0.29, 0.717) is 0 Å². The standard InChI is InChI=1S/C12H22N2/c1-6-9(3)8-12-10(4)13-11(5)14(12)7-2/h9H,6-8H2,1-5H3. The summed E-state index contributed by atoms with van der Waals surface area (Å²) in [6, 6.07) is 0. The molecular weight excluding hydrogens is 172 g/mol. The summed E-state index contributed by atoms with van der Waals surface area (Å²) in [7, 11) is 0. The Morgan fingerprint density at radius 2 is 1.93 bits per heavy atom. The predicted molar refractivity (Wildman–Crippen MR) is 60.5 cm³/mol. The zero-order chi connectivity index (χ0) is 10.7. The molecule has 1 unspecified atom stereocenters. The highest BCUT2D eigenvalue weighted by Gasteiger charge is 2.12. The molecule has 1 aromatic rings. The second kappa shape index (κ2) is 4.63. The fraction of sp³-hybridized carbons (Fsp3) is 0.750. The third kappa shape index (κ3) is 2.17. The molecule has 0 amide bonds. The first-order chi connectivity index (χ1) is 6.60. The van der Waals surface area contributed by atoms with Crippen LogP contribution in [0.1, 0.15) is 44.4 Å². The molecule has 0 aromatic carbocycles. The second-order valence-corrected chi connectivity index (χ2v) is 4.15. The Labute approximate surface area is 87.4 Å². The summed E-state index contributed by atoms with van der Waals surface area (Å²) in [5.41, 5.74) is 2.64. The number of rotatable bonds is 4. The summed E-state index contributed by atoms with van der Waals surface area (Å²) >= 11 is 0. The summed E-state index contributed by atoms with van der Waals surface area (Å²) < 4.78 is 2.33. The van der Waals surface area contributed by atoms with Crippen LogP contribution in [0.5, 0.6) is 0 Å². The van der Waals surface area contributed by atoms with Gasteiger partial charge in [-0.2, -0.15) is 0 Å². The molecular formula is C12H22N2. The molecule has 1 rings (SSSR count). The van der Waals surface area contributed by atoms with E-state index in [1.165, 1.54) is 17.8 Å². The minimum Gasteiger partial charge on any atom is -0.332 e. The van der Waals surface area contributed by atoms with Crippen molar-refractivity contribution in [3.63, 3.8) is 0 Å². The van der Waals surface area contributed by atoms with E-state index in [9.17, 15) is 0 Å². The number of hydrogen-bond acceptors (Lipinski definition) is 1. The van der Waals surface area contributed by atoms with Gasteiger partial charge in [0.1, 0.15) is 5.82 Å². The molecule has 2 heteroatoms. The van der Waals surface area contributed by atoms with Gasteiger partial charge in [-0.1, -0.05) is 20.3 Å². The van der Waals surface area contributed by atoms with Crippen LogP contribution in [0.3, 0.4) is 0 Å². The van der Waals surface area contributed by atoms with Gasteiger partial charge in [0.15, 0.2) is 0 Å². The fourth-order valence-electron chi connectivity index (χ4n) is 1.91. The van der Waals surface area contributed by atoms with Crippen LogP contribution >= 0.6 is 0 Å². The number of imidazole rings is 1. The molecule has 0 bridgehead atoms. The third-order valence-electron chi connectivity index (χ3n) is 3.02. The monoisotopic (exact) mass is 194 g/mol. The first kappa shape index (κ1) is 11.3.